The molecule has 1 aliphatic rings. The van der Waals surface area contributed by atoms with Gasteiger partial charge >= 0.3 is 0 Å². The Bertz CT molecular complexity index is 986. The summed E-state index contributed by atoms with van der Waals surface area (Å²) >= 11 is 7.55. The smallest absolute Gasteiger partial charge is 0.243 e. The lowest BCUT2D eigenvalue weighted by molar-refractivity contribution is 0.477. The number of benzene rings is 1. The zero-order chi connectivity index (χ0) is 18.7. The summed E-state index contributed by atoms with van der Waals surface area (Å²) in [6.07, 6.45) is 3.24. The molecule has 1 aliphatic heterocycles. The Morgan fingerprint density at radius 2 is 2.15 bits per heavy atom. The molecular formula is C17H17ClN4O2S2. The van der Waals surface area contributed by atoms with Crippen LogP contribution >= 0.6 is 22.9 Å². The summed E-state index contributed by atoms with van der Waals surface area (Å²) in [5, 5.41) is 15.1. The molecule has 3 rings (SSSR count). The van der Waals surface area contributed by atoms with E-state index in [2.05, 4.69) is 16.4 Å². The highest BCUT2D eigenvalue weighted by atomic mass is 35.5. The van der Waals surface area contributed by atoms with Gasteiger partial charge in [0.15, 0.2) is 0 Å². The minimum atomic E-state index is -3.53. The summed E-state index contributed by atoms with van der Waals surface area (Å²) in [5.74, 6) is 0. The topological polar surface area (TPSA) is 86.1 Å². The molecule has 0 amide bonds. The van der Waals surface area contributed by atoms with Gasteiger partial charge in [-0.15, -0.1) is 11.3 Å². The molecule has 9 heteroatoms. The zero-order valence-corrected chi connectivity index (χ0v) is 16.5. The number of rotatable bonds is 5. The Morgan fingerprint density at radius 1 is 1.42 bits per heavy atom. The molecule has 1 aromatic heterocycles. The van der Waals surface area contributed by atoms with Gasteiger partial charge < -0.3 is 5.32 Å². The lowest BCUT2D eigenvalue weighted by Crippen LogP contribution is -2.27. The third-order valence-electron chi connectivity index (χ3n) is 3.98. The summed E-state index contributed by atoms with van der Waals surface area (Å²) in [7, 11) is -3.53. The second-order valence-corrected chi connectivity index (χ2v) is 9.06. The number of nitrogens with zero attached hydrogens (tertiary/aromatic N) is 3. The fourth-order valence-electron chi connectivity index (χ4n) is 2.62. The standard InChI is InChI=1S/C17H17ClN4O2S2/c1-12-11-25-17(21-12)13(9-19)10-20-16-8-14(4-5-15(16)18)26(23,24)22-6-2-3-7-22/h4-5,8,10-11,20H,2-3,6-7H2,1H3/b13-10+. The number of halogens is 1. The summed E-state index contributed by atoms with van der Waals surface area (Å²) < 4.78 is 26.9. The van der Waals surface area contributed by atoms with Gasteiger partial charge in [-0.1, -0.05) is 11.6 Å². The van der Waals surface area contributed by atoms with Gasteiger partial charge in [-0.05, 0) is 38.0 Å². The lowest BCUT2D eigenvalue weighted by atomic mass is 10.3. The van der Waals surface area contributed by atoms with Crippen LogP contribution in [0, 0.1) is 18.3 Å². The van der Waals surface area contributed by atoms with E-state index in [0.29, 0.717) is 34.4 Å². The van der Waals surface area contributed by atoms with Crippen molar-refractivity contribution < 1.29 is 8.42 Å². The fraction of sp³-hybridized carbons (Fsp3) is 0.294. The molecule has 1 aromatic carbocycles. The summed E-state index contributed by atoms with van der Waals surface area (Å²) in [6, 6.07) is 6.62. The first-order valence-corrected chi connectivity index (χ1v) is 10.7. The monoisotopic (exact) mass is 408 g/mol. The third-order valence-corrected chi connectivity index (χ3v) is 7.20. The lowest BCUT2D eigenvalue weighted by Gasteiger charge is -2.16. The van der Waals surface area contributed by atoms with Crippen LogP contribution in [0.4, 0.5) is 5.69 Å². The molecule has 0 radical (unpaired) electrons. The van der Waals surface area contributed by atoms with Crippen LogP contribution in [0.15, 0.2) is 34.7 Å². The molecular weight excluding hydrogens is 392 g/mol. The van der Waals surface area contributed by atoms with Crippen LogP contribution in [0.25, 0.3) is 5.57 Å². The van der Waals surface area contributed by atoms with Crippen molar-refractivity contribution in [3.05, 3.63) is 45.5 Å². The van der Waals surface area contributed by atoms with Crippen molar-refractivity contribution in [1.29, 1.82) is 5.26 Å². The summed E-state index contributed by atoms with van der Waals surface area (Å²) in [5.41, 5.74) is 1.61. The maximum Gasteiger partial charge on any atom is 0.243 e. The van der Waals surface area contributed by atoms with Gasteiger partial charge in [0, 0.05) is 30.4 Å². The highest BCUT2D eigenvalue weighted by molar-refractivity contribution is 7.89. The summed E-state index contributed by atoms with van der Waals surface area (Å²) in [4.78, 5) is 4.46. The average molecular weight is 409 g/mol. The molecule has 6 nitrogen and oxygen atoms in total. The van der Waals surface area contributed by atoms with E-state index >= 15 is 0 Å². The van der Waals surface area contributed by atoms with Gasteiger partial charge in [-0.25, -0.2) is 13.4 Å². The Kier molecular flexibility index (Phi) is 5.63. The molecule has 2 aromatic rings. The number of thiazole rings is 1. The van der Waals surface area contributed by atoms with E-state index in [1.165, 1.54) is 34.0 Å². The maximum absolute atomic E-state index is 12.7. The highest BCUT2D eigenvalue weighted by Crippen LogP contribution is 2.29. The van der Waals surface area contributed by atoms with Gasteiger partial charge in [0.2, 0.25) is 10.0 Å². The molecule has 1 fully saturated rings. The molecule has 0 bridgehead atoms. The van der Waals surface area contributed by atoms with Gasteiger partial charge in [0.1, 0.15) is 16.6 Å². The van der Waals surface area contributed by atoms with Crippen LogP contribution in [0.1, 0.15) is 23.5 Å². The predicted octanol–water partition coefficient (Wildman–Crippen LogP) is 3.87. The Labute approximate surface area is 161 Å². The molecule has 1 saturated heterocycles. The molecule has 136 valence electrons. The number of anilines is 1. The number of nitriles is 1. The number of aryl methyl sites for hydroxylation is 1. The SMILES string of the molecule is Cc1csc(/C(C#N)=C/Nc2cc(S(=O)(=O)N3CCCC3)ccc2Cl)n1. The minimum Gasteiger partial charge on any atom is -0.359 e. The van der Waals surface area contributed by atoms with Crippen molar-refractivity contribution in [2.45, 2.75) is 24.7 Å². The first-order chi connectivity index (χ1) is 12.4. The average Bonchev–Trinajstić information content (AvgIpc) is 3.29. The van der Waals surface area contributed by atoms with E-state index < -0.39 is 10.0 Å². The van der Waals surface area contributed by atoms with Gasteiger partial charge in [0.25, 0.3) is 0 Å². The van der Waals surface area contributed by atoms with Gasteiger partial charge in [0.05, 0.1) is 15.6 Å². The van der Waals surface area contributed by atoms with Crippen molar-refractivity contribution in [3.63, 3.8) is 0 Å². The van der Waals surface area contributed by atoms with Gasteiger partial charge in [-0.3, -0.25) is 0 Å². The number of aromatic nitrogens is 1. The van der Waals surface area contributed by atoms with Crippen LogP contribution in [-0.4, -0.2) is 30.8 Å². The number of nitrogens with one attached hydrogen (secondary N) is 1. The Morgan fingerprint density at radius 3 is 2.77 bits per heavy atom. The molecule has 2 heterocycles. The largest absolute Gasteiger partial charge is 0.359 e. The fourth-order valence-corrected chi connectivity index (χ4v) is 5.10. The molecule has 1 N–H and O–H groups in total. The summed E-state index contributed by atoms with van der Waals surface area (Å²) in [6.45, 7) is 2.93. The van der Waals surface area contributed by atoms with E-state index in [9.17, 15) is 13.7 Å². The van der Waals surface area contributed by atoms with E-state index in [4.69, 9.17) is 11.6 Å². The van der Waals surface area contributed by atoms with E-state index in [1.54, 1.807) is 6.07 Å². The molecule has 0 aliphatic carbocycles. The van der Waals surface area contributed by atoms with Crippen LogP contribution in [0.3, 0.4) is 0 Å². The number of sulfonamides is 1. The number of allylic oxidation sites excluding steroid dienone is 1. The van der Waals surface area contributed by atoms with Crippen LogP contribution < -0.4 is 5.32 Å². The maximum atomic E-state index is 12.7. The van der Waals surface area contributed by atoms with Crippen molar-refractivity contribution in [2.24, 2.45) is 0 Å². The van der Waals surface area contributed by atoms with E-state index in [-0.39, 0.29) is 4.90 Å². The second kappa shape index (κ2) is 7.76. The Hall–Kier alpha value is -1.92. The molecule has 0 unspecified atom stereocenters. The first kappa shape index (κ1) is 18.9. The van der Waals surface area contributed by atoms with Crippen LogP contribution in [0.2, 0.25) is 5.02 Å². The van der Waals surface area contributed by atoms with E-state index in [1.807, 2.05) is 12.3 Å². The molecule has 26 heavy (non-hydrogen) atoms. The first-order valence-electron chi connectivity index (χ1n) is 8.01. The van der Waals surface area contributed by atoms with Crippen molar-refractivity contribution in [2.75, 3.05) is 18.4 Å². The van der Waals surface area contributed by atoms with Gasteiger partial charge in [-0.2, -0.15) is 9.57 Å². The minimum absolute atomic E-state index is 0.184. The van der Waals surface area contributed by atoms with Crippen molar-refractivity contribution in [3.8, 4) is 6.07 Å². The molecule has 0 saturated carbocycles. The van der Waals surface area contributed by atoms with E-state index in [0.717, 1.165) is 18.5 Å². The molecule has 0 spiro atoms. The van der Waals surface area contributed by atoms with Crippen molar-refractivity contribution in [1.82, 2.24) is 9.29 Å². The third kappa shape index (κ3) is 3.91. The quantitative estimate of drug-likeness (QED) is 0.759. The predicted molar refractivity (Wildman–Crippen MR) is 104 cm³/mol. The Balaban J connectivity index is 1.88. The van der Waals surface area contributed by atoms with Crippen LogP contribution in [0.5, 0.6) is 0 Å². The van der Waals surface area contributed by atoms with Crippen molar-refractivity contribution >= 4 is 44.2 Å². The normalized spacial score (nSPS) is 15.8. The molecule has 0 atom stereocenters. The van der Waals surface area contributed by atoms with Crippen LogP contribution in [-0.2, 0) is 10.0 Å². The second-order valence-electron chi connectivity index (χ2n) is 5.86. The highest BCUT2D eigenvalue weighted by Gasteiger charge is 2.27. The number of hydrogen-bond donors (Lipinski definition) is 1. The zero-order valence-electron chi connectivity index (χ0n) is 14.1. The number of hydrogen-bond acceptors (Lipinski definition) is 6.